The fraction of sp³-hybridized carbons (Fsp3) is 0.464. The molecule has 0 aliphatic carbocycles. The number of rotatable bonds is 8. The van der Waals surface area contributed by atoms with Gasteiger partial charge in [-0.3, -0.25) is 19.6 Å². The molecule has 2 aliphatic rings. The van der Waals surface area contributed by atoms with Gasteiger partial charge < -0.3 is 9.64 Å². The van der Waals surface area contributed by atoms with Gasteiger partial charge in [-0.15, -0.1) is 11.3 Å². The summed E-state index contributed by atoms with van der Waals surface area (Å²) in [5, 5.41) is 2.79. The topological polar surface area (TPSA) is 61.8 Å². The molecule has 0 saturated carbocycles. The zero-order valence-corrected chi connectivity index (χ0v) is 21.8. The number of thiazole rings is 1. The summed E-state index contributed by atoms with van der Waals surface area (Å²) in [7, 11) is 0. The number of amides is 1. The largest absolute Gasteiger partial charge is 0.493 e. The Hall–Kier alpha value is -2.81. The Morgan fingerprint density at radius 3 is 2.44 bits per heavy atom. The highest BCUT2D eigenvalue weighted by atomic mass is 32.1. The summed E-state index contributed by atoms with van der Waals surface area (Å²) >= 11 is 1.53. The highest BCUT2D eigenvalue weighted by Crippen LogP contribution is 2.22. The van der Waals surface area contributed by atoms with E-state index in [0.717, 1.165) is 76.0 Å². The van der Waals surface area contributed by atoms with Crippen LogP contribution < -0.4 is 4.74 Å². The molecule has 1 atom stereocenters. The summed E-state index contributed by atoms with van der Waals surface area (Å²) in [5.74, 6) is 1.30. The second kappa shape index (κ2) is 12.0. The molecular weight excluding hydrogens is 470 g/mol. The number of ether oxygens (including phenoxy) is 1. The standard InChI is InChI=1S/C28H35N5O2S/c1-22-30-27(21-36-22)28(34)33-11-3-5-25(19-33)20-35-26-8-6-23(7-9-26)17-31-12-14-32(15-13-31)18-24-4-2-10-29-16-24/h2,4,6-10,16,21,25H,3,5,11-15,17-20H2,1H3. The van der Waals surface area contributed by atoms with E-state index >= 15 is 0 Å². The molecule has 1 amide bonds. The number of carbonyl (C=O) groups is 1. The minimum atomic E-state index is 0.0475. The number of likely N-dealkylation sites (tertiary alicyclic amines) is 1. The number of aromatic nitrogens is 2. The lowest BCUT2D eigenvalue weighted by Gasteiger charge is -2.34. The summed E-state index contributed by atoms with van der Waals surface area (Å²) in [6.45, 7) is 10.4. The second-order valence-corrected chi connectivity index (χ2v) is 10.9. The Bertz CT molecular complexity index is 1110. The molecule has 4 heterocycles. The van der Waals surface area contributed by atoms with E-state index in [1.807, 2.05) is 35.7 Å². The molecule has 5 rings (SSSR count). The number of hydrogen-bond donors (Lipinski definition) is 0. The van der Waals surface area contributed by atoms with Gasteiger partial charge in [-0.2, -0.15) is 0 Å². The summed E-state index contributed by atoms with van der Waals surface area (Å²) < 4.78 is 6.12. The lowest BCUT2D eigenvalue weighted by atomic mass is 9.98. The van der Waals surface area contributed by atoms with Crippen LogP contribution in [0.3, 0.4) is 0 Å². The third-order valence-electron chi connectivity index (χ3n) is 7.05. The van der Waals surface area contributed by atoms with Crippen LogP contribution in [0.25, 0.3) is 0 Å². The van der Waals surface area contributed by atoms with Crippen LogP contribution in [-0.4, -0.2) is 76.5 Å². The van der Waals surface area contributed by atoms with Crippen molar-refractivity contribution >= 4 is 17.2 Å². The van der Waals surface area contributed by atoms with Crippen LogP contribution in [0.5, 0.6) is 5.75 Å². The van der Waals surface area contributed by atoms with Gasteiger partial charge in [0.1, 0.15) is 11.4 Å². The van der Waals surface area contributed by atoms with Crippen molar-refractivity contribution in [3.63, 3.8) is 0 Å². The number of piperazine rings is 1. The number of pyridine rings is 1. The molecule has 36 heavy (non-hydrogen) atoms. The maximum atomic E-state index is 12.8. The fourth-order valence-electron chi connectivity index (χ4n) is 5.03. The monoisotopic (exact) mass is 505 g/mol. The van der Waals surface area contributed by atoms with E-state index in [4.69, 9.17) is 4.74 Å². The van der Waals surface area contributed by atoms with Crippen molar-refractivity contribution in [2.45, 2.75) is 32.9 Å². The first kappa shape index (κ1) is 24.9. The van der Waals surface area contributed by atoms with Gasteiger partial charge in [0, 0.05) is 76.0 Å². The van der Waals surface area contributed by atoms with Gasteiger partial charge in [-0.05, 0) is 49.1 Å². The van der Waals surface area contributed by atoms with Gasteiger partial charge in [0.25, 0.3) is 5.91 Å². The van der Waals surface area contributed by atoms with Gasteiger partial charge in [0.2, 0.25) is 0 Å². The maximum Gasteiger partial charge on any atom is 0.273 e. The predicted octanol–water partition coefficient (Wildman–Crippen LogP) is 4.10. The zero-order chi connectivity index (χ0) is 24.7. The summed E-state index contributed by atoms with van der Waals surface area (Å²) in [4.78, 5) is 28.3. The van der Waals surface area contributed by atoms with Gasteiger partial charge in [-0.25, -0.2) is 4.98 Å². The molecule has 2 saturated heterocycles. The van der Waals surface area contributed by atoms with E-state index in [1.54, 1.807) is 0 Å². The van der Waals surface area contributed by atoms with Crippen LogP contribution in [-0.2, 0) is 13.1 Å². The Kier molecular flexibility index (Phi) is 8.25. The molecule has 1 unspecified atom stereocenters. The highest BCUT2D eigenvalue weighted by Gasteiger charge is 2.26. The summed E-state index contributed by atoms with van der Waals surface area (Å²) in [6, 6.07) is 12.7. The van der Waals surface area contributed by atoms with Crippen molar-refractivity contribution in [2.75, 3.05) is 45.9 Å². The van der Waals surface area contributed by atoms with E-state index in [0.29, 0.717) is 18.2 Å². The molecule has 3 aromatic rings. The Morgan fingerprint density at radius 1 is 1.03 bits per heavy atom. The molecule has 0 N–H and O–H groups in total. The van der Waals surface area contributed by atoms with E-state index in [-0.39, 0.29) is 5.91 Å². The Morgan fingerprint density at radius 2 is 1.78 bits per heavy atom. The molecule has 2 fully saturated rings. The molecule has 7 nitrogen and oxygen atoms in total. The first-order valence-electron chi connectivity index (χ1n) is 12.9. The van der Waals surface area contributed by atoms with Crippen LogP contribution in [0.4, 0.5) is 0 Å². The molecule has 0 bridgehead atoms. The van der Waals surface area contributed by atoms with Crippen LogP contribution in [0.15, 0.2) is 54.2 Å². The van der Waals surface area contributed by atoms with Crippen molar-refractivity contribution < 1.29 is 9.53 Å². The number of nitrogens with zero attached hydrogens (tertiary/aromatic N) is 5. The Labute approximate surface area is 217 Å². The van der Waals surface area contributed by atoms with Crippen molar-refractivity contribution in [3.05, 3.63) is 76.0 Å². The number of hydrogen-bond acceptors (Lipinski definition) is 7. The van der Waals surface area contributed by atoms with Crippen molar-refractivity contribution in [2.24, 2.45) is 5.92 Å². The van der Waals surface area contributed by atoms with Crippen LogP contribution in [0, 0.1) is 12.8 Å². The van der Waals surface area contributed by atoms with Gasteiger partial charge in [0.15, 0.2) is 0 Å². The van der Waals surface area contributed by atoms with Crippen LogP contribution in [0.1, 0.15) is 39.5 Å². The summed E-state index contributed by atoms with van der Waals surface area (Å²) in [5.41, 5.74) is 3.17. The van der Waals surface area contributed by atoms with E-state index in [1.165, 1.54) is 22.5 Å². The number of piperidine rings is 1. The van der Waals surface area contributed by atoms with E-state index in [9.17, 15) is 4.79 Å². The molecule has 0 spiro atoms. The molecule has 2 aromatic heterocycles. The van der Waals surface area contributed by atoms with Gasteiger partial charge >= 0.3 is 0 Å². The number of carbonyl (C=O) groups excluding carboxylic acids is 1. The van der Waals surface area contributed by atoms with Crippen molar-refractivity contribution in [3.8, 4) is 5.75 Å². The van der Waals surface area contributed by atoms with Gasteiger partial charge in [0.05, 0.1) is 11.6 Å². The third kappa shape index (κ3) is 6.69. The molecule has 0 radical (unpaired) electrons. The van der Waals surface area contributed by atoms with Crippen LogP contribution in [0.2, 0.25) is 0 Å². The average molecular weight is 506 g/mol. The quantitative estimate of drug-likeness (QED) is 0.460. The lowest BCUT2D eigenvalue weighted by molar-refractivity contribution is 0.0628. The van der Waals surface area contributed by atoms with E-state index < -0.39 is 0 Å². The fourth-order valence-corrected chi connectivity index (χ4v) is 5.61. The van der Waals surface area contributed by atoms with Crippen LogP contribution >= 0.6 is 11.3 Å². The highest BCUT2D eigenvalue weighted by molar-refractivity contribution is 7.09. The minimum Gasteiger partial charge on any atom is -0.493 e. The Balaban J connectivity index is 1.04. The lowest BCUT2D eigenvalue weighted by Crippen LogP contribution is -2.45. The SMILES string of the molecule is Cc1nc(C(=O)N2CCCC(COc3ccc(CN4CCN(Cc5cccnc5)CC4)cc3)C2)cs1. The van der Waals surface area contributed by atoms with Gasteiger partial charge in [-0.1, -0.05) is 18.2 Å². The molecule has 190 valence electrons. The molecule has 2 aliphatic heterocycles. The number of aryl methyl sites for hydroxylation is 1. The third-order valence-corrected chi connectivity index (χ3v) is 7.83. The first-order chi connectivity index (χ1) is 17.6. The summed E-state index contributed by atoms with van der Waals surface area (Å²) in [6.07, 6.45) is 5.89. The molecule has 8 heteroatoms. The zero-order valence-electron chi connectivity index (χ0n) is 21.0. The normalized spacial score (nSPS) is 19.4. The van der Waals surface area contributed by atoms with Crippen molar-refractivity contribution in [1.29, 1.82) is 0 Å². The maximum absolute atomic E-state index is 12.8. The molecule has 1 aromatic carbocycles. The smallest absolute Gasteiger partial charge is 0.273 e. The van der Waals surface area contributed by atoms with E-state index in [2.05, 4.69) is 50.1 Å². The predicted molar refractivity (Wildman–Crippen MR) is 142 cm³/mol. The van der Waals surface area contributed by atoms with Crippen molar-refractivity contribution in [1.82, 2.24) is 24.7 Å². The number of benzene rings is 1. The first-order valence-corrected chi connectivity index (χ1v) is 13.8. The minimum absolute atomic E-state index is 0.0475. The average Bonchev–Trinajstić information content (AvgIpc) is 3.36. The molecular formula is C28H35N5O2S. The second-order valence-electron chi connectivity index (χ2n) is 9.88.